The minimum Gasteiger partial charge on any atom is -0.260 e. The number of nitriles is 1. The Kier molecular flexibility index (Phi) is 3.99. The Labute approximate surface area is 136 Å². The molecule has 23 heavy (non-hydrogen) atoms. The van der Waals surface area contributed by atoms with Gasteiger partial charge in [-0.3, -0.25) is 4.68 Å². The van der Waals surface area contributed by atoms with E-state index in [0.29, 0.717) is 6.54 Å². The van der Waals surface area contributed by atoms with E-state index in [1.165, 1.54) is 5.56 Å². The zero-order valence-corrected chi connectivity index (χ0v) is 13.4. The lowest BCUT2D eigenvalue weighted by Crippen LogP contribution is -2.15. The number of benzene rings is 2. The number of nitrogens with zero attached hydrogens (tertiary/aromatic N) is 3. The van der Waals surface area contributed by atoms with Crippen molar-refractivity contribution in [2.75, 3.05) is 0 Å². The molecule has 0 aliphatic carbocycles. The Hall–Kier alpha value is -2.86. The van der Waals surface area contributed by atoms with Gasteiger partial charge in [-0.05, 0) is 31.0 Å². The van der Waals surface area contributed by atoms with Gasteiger partial charge in [0, 0.05) is 0 Å². The van der Waals surface area contributed by atoms with Gasteiger partial charge in [-0.25, -0.2) is 0 Å². The van der Waals surface area contributed by atoms with Crippen molar-refractivity contribution in [3.8, 4) is 17.3 Å². The standard InChI is InChI=1S/C20H19N3/c1-20(2,15-21)19-13-18(17-11-7-4-8-12-17)23(22-19)14-16-9-5-3-6-10-16/h3-13H,14H2,1-2H3. The molecule has 0 N–H and O–H groups in total. The Morgan fingerprint density at radius 3 is 2.22 bits per heavy atom. The molecule has 0 aliphatic heterocycles. The maximum Gasteiger partial charge on any atom is 0.0955 e. The molecule has 1 aromatic heterocycles. The van der Waals surface area contributed by atoms with Gasteiger partial charge in [0.2, 0.25) is 0 Å². The second-order valence-electron chi connectivity index (χ2n) is 6.16. The molecule has 0 atom stereocenters. The highest BCUT2D eigenvalue weighted by Crippen LogP contribution is 2.27. The first kappa shape index (κ1) is 15.1. The molecule has 0 amide bonds. The Morgan fingerprint density at radius 1 is 1.00 bits per heavy atom. The number of aromatic nitrogens is 2. The average Bonchev–Trinajstić information content (AvgIpc) is 3.01. The molecule has 0 saturated heterocycles. The van der Waals surface area contributed by atoms with E-state index in [4.69, 9.17) is 5.10 Å². The molecule has 3 nitrogen and oxygen atoms in total. The summed E-state index contributed by atoms with van der Waals surface area (Å²) in [4.78, 5) is 0. The molecule has 0 spiro atoms. The first-order chi connectivity index (χ1) is 11.1. The molecule has 3 aromatic rings. The molecule has 2 aromatic carbocycles. The largest absolute Gasteiger partial charge is 0.260 e. The van der Waals surface area contributed by atoms with E-state index in [0.717, 1.165) is 17.0 Å². The van der Waals surface area contributed by atoms with Crippen molar-refractivity contribution in [1.82, 2.24) is 9.78 Å². The van der Waals surface area contributed by atoms with Crippen LogP contribution >= 0.6 is 0 Å². The van der Waals surface area contributed by atoms with Gasteiger partial charge in [0.15, 0.2) is 0 Å². The van der Waals surface area contributed by atoms with Gasteiger partial charge in [-0.15, -0.1) is 0 Å². The lowest BCUT2D eigenvalue weighted by molar-refractivity contribution is 0.608. The third-order valence-corrected chi connectivity index (χ3v) is 3.94. The minimum absolute atomic E-state index is 0.606. The summed E-state index contributed by atoms with van der Waals surface area (Å²) in [6.45, 7) is 4.49. The van der Waals surface area contributed by atoms with Crippen molar-refractivity contribution < 1.29 is 0 Å². The predicted molar refractivity (Wildman–Crippen MR) is 91.8 cm³/mol. The number of rotatable bonds is 4. The van der Waals surface area contributed by atoms with Crippen LogP contribution in [0, 0.1) is 11.3 Å². The Morgan fingerprint density at radius 2 is 1.61 bits per heavy atom. The summed E-state index contributed by atoms with van der Waals surface area (Å²) in [5.74, 6) is 0. The van der Waals surface area contributed by atoms with E-state index in [1.807, 2.05) is 61.0 Å². The molecule has 114 valence electrons. The fraction of sp³-hybridized carbons (Fsp3) is 0.200. The van der Waals surface area contributed by atoms with E-state index in [2.05, 4.69) is 30.3 Å². The highest BCUT2D eigenvalue weighted by Gasteiger charge is 2.25. The van der Waals surface area contributed by atoms with Crippen LogP contribution in [0.25, 0.3) is 11.3 Å². The Bertz CT molecular complexity index is 824. The molecule has 1 heterocycles. The fourth-order valence-electron chi connectivity index (χ4n) is 2.50. The number of hydrogen-bond acceptors (Lipinski definition) is 2. The summed E-state index contributed by atoms with van der Waals surface area (Å²) < 4.78 is 1.99. The second-order valence-corrected chi connectivity index (χ2v) is 6.16. The molecule has 3 rings (SSSR count). The maximum atomic E-state index is 9.41. The topological polar surface area (TPSA) is 41.6 Å². The van der Waals surface area contributed by atoms with Crippen LogP contribution < -0.4 is 0 Å². The minimum atomic E-state index is -0.606. The van der Waals surface area contributed by atoms with Crippen LogP contribution in [0.15, 0.2) is 66.7 Å². The van der Waals surface area contributed by atoms with Crippen molar-refractivity contribution in [2.45, 2.75) is 25.8 Å². The molecule has 0 aliphatic rings. The van der Waals surface area contributed by atoms with Gasteiger partial charge in [-0.1, -0.05) is 60.7 Å². The quantitative estimate of drug-likeness (QED) is 0.716. The molecular weight excluding hydrogens is 282 g/mol. The zero-order valence-electron chi connectivity index (χ0n) is 13.4. The number of hydrogen-bond donors (Lipinski definition) is 0. The lowest BCUT2D eigenvalue weighted by Gasteiger charge is -2.11. The molecule has 0 bridgehead atoms. The van der Waals surface area contributed by atoms with Gasteiger partial charge in [0.25, 0.3) is 0 Å². The maximum absolute atomic E-state index is 9.41. The van der Waals surface area contributed by atoms with Crippen molar-refractivity contribution in [3.63, 3.8) is 0 Å². The van der Waals surface area contributed by atoms with E-state index in [-0.39, 0.29) is 0 Å². The van der Waals surface area contributed by atoms with Gasteiger partial charge in [-0.2, -0.15) is 10.4 Å². The molecule has 3 heteroatoms. The molecule has 0 radical (unpaired) electrons. The highest BCUT2D eigenvalue weighted by atomic mass is 15.3. The zero-order chi connectivity index (χ0) is 16.3. The van der Waals surface area contributed by atoms with Crippen molar-refractivity contribution in [3.05, 3.63) is 78.0 Å². The second kappa shape index (κ2) is 6.10. The summed E-state index contributed by atoms with van der Waals surface area (Å²) in [6, 6.07) is 24.8. The normalized spacial score (nSPS) is 11.2. The SMILES string of the molecule is CC(C)(C#N)c1cc(-c2ccccc2)n(Cc2ccccc2)n1. The van der Waals surface area contributed by atoms with Gasteiger partial charge in [0.1, 0.15) is 0 Å². The van der Waals surface area contributed by atoms with E-state index in [9.17, 15) is 5.26 Å². The summed E-state index contributed by atoms with van der Waals surface area (Å²) in [6.07, 6.45) is 0. The molecule has 0 saturated carbocycles. The van der Waals surface area contributed by atoms with Crippen LogP contribution in [0.1, 0.15) is 25.1 Å². The van der Waals surface area contributed by atoms with Crippen LogP contribution in [0.3, 0.4) is 0 Å². The fourth-order valence-corrected chi connectivity index (χ4v) is 2.50. The van der Waals surface area contributed by atoms with Crippen LogP contribution in [0.5, 0.6) is 0 Å². The highest BCUT2D eigenvalue weighted by molar-refractivity contribution is 5.60. The van der Waals surface area contributed by atoms with Crippen LogP contribution in [0.4, 0.5) is 0 Å². The van der Waals surface area contributed by atoms with Crippen molar-refractivity contribution in [1.29, 1.82) is 5.26 Å². The summed E-state index contributed by atoms with van der Waals surface area (Å²) in [5, 5.41) is 14.1. The van der Waals surface area contributed by atoms with Crippen LogP contribution in [-0.4, -0.2) is 9.78 Å². The van der Waals surface area contributed by atoms with Crippen molar-refractivity contribution in [2.24, 2.45) is 0 Å². The van der Waals surface area contributed by atoms with Gasteiger partial charge >= 0.3 is 0 Å². The average molecular weight is 301 g/mol. The van der Waals surface area contributed by atoms with Crippen molar-refractivity contribution >= 4 is 0 Å². The van der Waals surface area contributed by atoms with Crippen LogP contribution in [-0.2, 0) is 12.0 Å². The predicted octanol–water partition coefficient (Wildman–Crippen LogP) is 4.40. The molecule has 0 unspecified atom stereocenters. The smallest absolute Gasteiger partial charge is 0.0955 e. The summed E-state index contributed by atoms with van der Waals surface area (Å²) in [7, 11) is 0. The third kappa shape index (κ3) is 3.17. The Balaban J connectivity index is 2.08. The molecular formula is C20H19N3. The van der Waals surface area contributed by atoms with E-state index >= 15 is 0 Å². The van der Waals surface area contributed by atoms with E-state index < -0.39 is 5.41 Å². The third-order valence-electron chi connectivity index (χ3n) is 3.94. The summed E-state index contributed by atoms with van der Waals surface area (Å²) >= 11 is 0. The first-order valence-corrected chi connectivity index (χ1v) is 7.69. The van der Waals surface area contributed by atoms with E-state index in [1.54, 1.807) is 0 Å². The van der Waals surface area contributed by atoms with Crippen LogP contribution in [0.2, 0.25) is 0 Å². The van der Waals surface area contributed by atoms with Gasteiger partial charge in [0.05, 0.1) is 29.4 Å². The molecule has 0 fully saturated rings. The first-order valence-electron chi connectivity index (χ1n) is 7.69. The summed E-state index contributed by atoms with van der Waals surface area (Å²) in [5.41, 5.74) is 3.53. The monoisotopic (exact) mass is 301 g/mol. The van der Waals surface area contributed by atoms with Gasteiger partial charge < -0.3 is 0 Å². The lowest BCUT2D eigenvalue weighted by atomic mass is 9.91.